The van der Waals surface area contributed by atoms with Crippen molar-refractivity contribution in [3.05, 3.63) is 0 Å². The van der Waals surface area contributed by atoms with E-state index in [1.165, 1.54) is 0 Å². The van der Waals surface area contributed by atoms with Crippen molar-refractivity contribution in [1.29, 1.82) is 0 Å². The summed E-state index contributed by atoms with van der Waals surface area (Å²) in [6.07, 6.45) is 2.31. The summed E-state index contributed by atoms with van der Waals surface area (Å²) in [7, 11) is 0. The minimum absolute atomic E-state index is 0.0145. The highest BCUT2D eigenvalue weighted by atomic mass is 16.4. The molecule has 0 radical (unpaired) electrons. The smallest absolute Gasteiger partial charge is 0.306 e. The number of carboxylic acids is 1. The van der Waals surface area contributed by atoms with E-state index in [1.807, 2.05) is 0 Å². The van der Waals surface area contributed by atoms with Crippen LogP contribution in [0.3, 0.4) is 0 Å². The number of aliphatic hydroxyl groups is 1. The molecular weight excluding hydrogens is 206 g/mol. The summed E-state index contributed by atoms with van der Waals surface area (Å²) in [5.74, 6) is -0.999. The minimum Gasteiger partial charge on any atom is -0.481 e. The van der Waals surface area contributed by atoms with E-state index >= 15 is 0 Å². The molecule has 1 rings (SSSR count). The monoisotopic (exact) mass is 229 g/mol. The molecular formula is C12H23NO3. The Kier molecular flexibility index (Phi) is 3.97. The van der Waals surface area contributed by atoms with Gasteiger partial charge in [-0.05, 0) is 46.5 Å². The van der Waals surface area contributed by atoms with Crippen molar-refractivity contribution in [1.82, 2.24) is 5.32 Å². The lowest BCUT2D eigenvalue weighted by Gasteiger charge is -2.37. The zero-order valence-corrected chi connectivity index (χ0v) is 10.4. The Hall–Kier alpha value is -0.610. The van der Waals surface area contributed by atoms with E-state index in [9.17, 15) is 9.90 Å². The molecule has 0 aromatic carbocycles. The van der Waals surface area contributed by atoms with Crippen LogP contribution in [0.5, 0.6) is 0 Å². The first-order valence-corrected chi connectivity index (χ1v) is 5.92. The predicted octanol–water partition coefficient (Wildman–Crippen LogP) is 1.38. The van der Waals surface area contributed by atoms with Crippen LogP contribution in [0.25, 0.3) is 0 Å². The van der Waals surface area contributed by atoms with Gasteiger partial charge < -0.3 is 15.5 Å². The van der Waals surface area contributed by atoms with Crippen LogP contribution < -0.4 is 5.32 Å². The molecule has 0 aromatic heterocycles. The second kappa shape index (κ2) is 4.72. The maximum Gasteiger partial charge on any atom is 0.306 e. The van der Waals surface area contributed by atoms with Crippen LogP contribution in [-0.2, 0) is 4.79 Å². The van der Waals surface area contributed by atoms with Gasteiger partial charge in [-0.2, -0.15) is 0 Å². The molecule has 3 N–H and O–H groups in total. The number of carboxylic acid groups (broad SMARTS) is 1. The lowest BCUT2D eigenvalue weighted by Crippen LogP contribution is -2.49. The van der Waals surface area contributed by atoms with Gasteiger partial charge in [-0.25, -0.2) is 0 Å². The van der Waals surface area contributed by atoms with E-state index in [0.29, 0.717) is 32.2 Å². The highest BCUT2D eigenvalue weighted by Gasteiger charge is 2.36. The highest BCUT2D eigenvalue weighted by Crippen LogP contribution is 2.32. The third-order valence-electron chi connectivity index (χ3n) is 3.21. The van der Waals surface area contributed by atoms with Gasteiger partial charge in [-0.3, -0.25) is 4.79 Å². The second-order valence-electron chi connectivity index (χ2n) is 5.94. The minimum atomic E-state index is -0.731. The van der Waals surface area contributed by atoms with Gasteiger partial charge in [-0.15, -0.1) is 0 Å². The summed E-state index contributed by atoms with van der Waals surface area (Å²) < 4.78 is 0. The molecule has 0 aromatic rings. The van der Waals surface area contributed by atoms with Gasteiger partial charge in [0.25, 0.3) is 0 Å². The van der Waals surface area contributed by atoms with Crippen molar-refractivity contribution in [2.24, 2.45) is 5.92 Å². The Labute approximate surface area is 97.0 Å². The van der Waals surface area contributed by atoms with E-state index in [0.717, 1.165) is 0 Å². The number of aliphatic carboxylic acids is 1. The van der Waals surface area contributed by atoms with E-state index < -0.39 is 11.6 Å². The van der Waals surface area contributed by atoms with Crippen molar-refractivity contribution in [2.75, 3.05) is 6.54 Å². The first-order chi connectivity index (χ1) is 7.22. The molecule has 1 fully saturated rings. The average Bonchev–Trinajstić information content (AvgIpc) is 2.15. The van der Waals surface area contributed by atoms with Crippen molar-refractivity contribution in [3.8, 4) is 0 Å². The summed E-state index contributed by atoms with van der Waals surface area (Å²) in [6.45, 7) is 6.71. The molecule has 1 aliphatic carbocycles. The van der Waals surface area contributed by atoms with Gasteiger partial charge in [-0.1, -0.05) is 0 Å². The maximum absolute atomic E-state index is 10.8. The van der Waals surface area contributed by atoms with Gasteiger partial charge in [0.15, 0.2) is 0 Å². The number of carbonyl (C=O) groups is 1. The molecule has 16 heavy (non-hydrogen) atoms. The largest absolute Gasteiger partial charge is 0.481 e. The second-order valence-corrected chi connectivity index (χ2v) is 5.94. The van der Waals surface area contributed by atoms with Crippen LogP contribution in [0, 0.1) is 5.92 Å². The van der Waals surface area contributed by atoms with Crippen LogP contribution in [0.4, 0.5) is 0 Å². The maximum atomic E-state index is 10.8. The molecule has 94 valence electrons. The van der Waals surface area contributed by atoms with Crippen LogP contribution >= 0.6 is 0 Å². The molecule has 0 spiro atoms. The molecule has 0 amide bonds. The molecule has 0 bridgehead atoms. The summed E-state index contributed by atoms with van der Waals surface area (Å²) in [4.78, 5) is 10.8. The van der Waals surface area contributed by atoms with Crippen LogP contribution in [0.15, 0.2) is 0 Å². The molecule has 0 unspecified atom stereocenters. The summed E-state index contributed by atoms with van der Waals surface area (Å²) in [5, 5.41) is 22.4. The summed E-state index contributed by atoms with van der Waals surface area (Å²) in [6, 6.07) is 0. The number of β-amino-alcohol motifs (C(OH)–C–C–N with tert-alkyl or cyclic N) is 1. The standard InChI is InChI=1S/C12H23NO3/c1-11(2,3)13-8-12(16)6-4-9(5-7-12)10(14)15/h9,13,16H,4-8H2,1-3H3,(H,14,15). The Morgan fingerprint density at radius 2 is 1.88 bits per heavy atom. The molecule has 0 atom stereocenters. The molecule has 1 saturated carbocycles. The molecule has 4 heteroatoms. The molecule has 0 heterocycles. The van der Waals surface area contributed by atoms with E-state index in [2.05, 4.69) is 26.1 Å². The van der Waals surface area contributed by atoms with Crippen molar-refractivity contribution in [2.45, 2.75) is 57.6 Å². The Balaban J connectivity index is 2.41. The highest BCUT2D eigenvalue weighted by molar-refractivity contribution is 5.70. The fraction of sp³-hybridized carbons (Fsp3) is 0.917. The van der Waals surface area contributed by atoms with E-state index in [1.54, 1.807) is 0 Å². The van der Waals surface area contributed by atoms with Crippen LogP contribution in [0.2, 0.25) is 0 Å². The number of hydrogen-bond donors (Lipinski definition) is 3. The molecule has 1 aliphatic rings. The first-order valence-electron chi connectivity index (χ1n) is 5.92. The van der Waals surface area contributed by atoms with Crippen molar-refractivity contribution < 1.29 is 15.0 Å². The Morgan fingerprint density at radius 1 is 1.38 bits per heavy atom. The summed E-state index contributed by atoms with van der Waals surface area (Å²) >= 11 is 0. The average molecular weight is 229 g/mol. The first kappa shape index (κ1) is 13.5. The zero-order valence-electron chi connectivity index (χ0n) is 10.4. The zero-order chi connectivity index (χ0) is 12.4. The number of rotatable bonds is 3. The molecule has 0 saturated heterocycles. The van der Waals surface area contributed by atoms with Gasteiger partial charge in [0.05, 0.1) is 11.5 Å². The third-order valence-corrected chi connectivity index (χ3v) is 3.21. The number of hydrogen-bond acceptors (Lipinski definition) is 3. The molecule has 0 aliphatic heterocycles. The quantitative estimate of drug-likeness (QED) is 0.684. The normalized spacial score (nSPS) is 31.4. The van der Waals surface area contributed by atoms with Gasteiger partial charge in [0, 0.05) is 12.1 Å². The fourth-order valence-corrected chi connectivity index (χ4v) is 2.01. The van der Waals surface area contributed by atoms with Crippen molar-refractivity contribution in [3.63, 3.8) is 0 Å². The van der Waals surface area contributed by atoms with E-state index in [4.69, 9.17) is 5.11 Å². The van der Waals surface area contributed by atoms with Crippen molar-refractivity contribution >= 4 is 5.97 Å². The predicted molar refractivity (Wildman–Crippen MR) is 62.3 cm³/mol. The molecule has 4 nitrogen and oxygen atoms in total. The lowest BCUT2D eigenvalue weighted by atomic mass is 9.78. The van der Waals surface area contributed by atoms with E-state index in [-0.39, 0.29) is 11.5 Å². The van der Waals surface area contributed by atoms with Crippen LogP contribution in [0.1, 0.15) is 46.5 Å². The SMILES string of the molecule is CC(C)(C)NCC1(O)CCC(C(=O)O)CC1. The third kappa shape index (κ3) is 4.10. The summed E-state index contributed by atoms with van der Waals surface area (Å²) in [5.41, 5.74) is -0.737. The van der Waals surface area contributed by atoms with Gasteiger partial charge in [0.1, 0.15) is 0 Å². The lowest BCUT2D eigenvalue weighted by molar-refractivity contribution is -0.144. The fourth-order valence-electron chi connectivity index (χ4n) is 2.01. The van der Waals surface area contributed by atoms with Gasteiger partial charge in [0.2, 0.25) is 0 Å². The number of nitrogens with one attached hydrogen (secondary N) is 1. The Morgan fingerprint density at radius 3 is 2.25 bits per heavy atom. The van der Waals surface area contributed by atoms with Crippen LogP contribution in [-0.4, -0.2) is 33.9 Å². The van der Waals surface area contributed by atoms with Gasteiger partial charge >= 0.3 is 5.97 Å². The Bertz CT molecular complexity index is 249. The topological polar surface area (TPSA) is 69.6 Å².